The molecule has 2 heterocycles. The summed E-state index contributed by atoms with van der Waals surface area (Å²) in [6, 6.07) is 12.8. The van der Waals surface area contributed by atoms with E-state index in [1.807, 2.05) is 12.1 Å². The quantitative estimate of drug-likeness (QED) is 0.132. The van der Waals surface area contributed by atoms with Gasteiger partial charge < -0.3 is 14.8 Å². The van der Waals surface area contributed by atoms with E-state index in [-0.39, 0.29) is 23.8 Å². The number of halogens is 2. The number of allylic oxidation sites excluding steroid dienone is 1. The Morgan fingerprint density at radius 2 is 1.97 bits per heavy atom. The topological polar surface area (TPSA) is 95.3 Å². The predicted molar refractivity (Wildman–Crippen MR) is 146 cm³/mol. The molecule has 0 aliphatic carbocycles. The molecule has 0 aliphatic heterocycles. The van der Waals surface area contributed by atoms with Crippen LogP contribution < -0.4 is 10.1 Å². The molecule has 0 spiro atoms. The van der Waals surface area contributed by atoms with Crippen LogP contribution in [-0.2, 0) is 22.7 Å². The highest BCUT2D eigenvalue weighted by molar-refractivity contribution is 7.99. The van der Waals surface area contributed by atoms with Crippen LogP contribution in [0.5, 0.6) is 5.75 Å². The minimum Gasteiger partial charge on any atom is -0.484 e. The van der Waals surface area contributed by atoms with Gasteiger partial charge in [0.05, 0.1) is 17.9 Å². The van der Waals surface area contributed by atoms with Crippen molar-refractivity contribution in [3.8, 4) is 16.9 Å². The number of amides is 1. The molecule has 0 bridgehead atoms. The number of thioether (sulfide) groups is 1. The van der Waals surface area contributed by atoms with Crippen LogP contribution in [0.2, 0.25) is 5.02 Å². The molecule has 8 nitrogen and oxygen atoms in total. The number of carbonyl (C=O) groups is 2. The van der Waals surface area contributed by atoms with E-state index in [4.69, 9.17) is 21.1 Å². The number of esters is 1. The number of hydrogen-bond acceptors (Lipinski definition) is 8. The maximum atomic E-state index is 13.4. The molecule has 0 radical (unpaired) electrons. The van der Waals surface area contributed by atoms with Gasteiger partial charge in [0.2, 0.25) is 5.91 Å². The fourth-order valence-corrected chi connectivity index (χ4v) is 5.37. The summed E-state index contributed by atoms with van der Waals surface area (Å²) >= 11 is 8.51. The van der Waals surface area contributed by atoms with E-state index in [0.717, 1.165) is 0 Å². The zero-order valence-electron chi connectivity index (χ0n) is 20.1. The highest BCUT2D eigenvalue weighted by atomic mass is 35.5. The Morgan fingerprint density at radius 3 is 2.68 bits per heavy atom. The van der Waals surface area contributed by atoms with Gasteiger partial charge >= 0.3 is 5.97 Å². The van der Waals surface area contributed by atoms with E-state index in [1.54, 1.807) is 40.3 Å². The summed E-state index contributed by atoms with van der Waals surface area (Å²) in [5.41, 5.74) is 1.37. The highest BCUT2D eigenvalue weighted by Gasteiger charge is 2.23. The van der Waals surface area contributed by atoms with E-state index < -0.39 is 11.8 Å². The van der Waals surface area contributed by atoms with Crippen molar-refractivity contribution in [2.75, 3.05) is 18.2 Å². The third kappa shape index (κ3) is 6.42. The number of benzene rings is 2. The van der Waals surface area contributed by atoms with Crippen LogP contribution in [0, 0.1) is 5.82 Å². The lowest BCUT2D eigenvalue weighted by Crippen LogP contribution is -2.16. The van der Waals surface area contributed by atoms with Crippen LogP contribution in [0.3, 0.4) is 0 Å². The molecule has 4 aromatic rings. The molecule has 1 amide bonds. The third-order valence-corrected chi connectivity index (χ3v) is 7.39. The van der Waals surface area contributed by atoms with Crippen molar-refractivity contribution in [1.82, 2.24) is 14.8 Å². The molecule has 1 N–H and O–H groups in total. The Morgan fingerprint density at radius 1 is 1.21 bits per heavy atom. The number of rotatable bonds is 11. The number of carbonyl (C=O) groups excluding carboxylic acids is 2. The van der Waals surface area contributed by atoms with Crippen molar-refractivity contribution in [2.24, 2.45) is 0 Å². The van der Waals surface area contributed by atoms with Crippen molar-refractivity contribution in [3.05, 3.63) is 88.8 Å². The smallest absolute Gasteiger partial charge is 0.341 e. The maximum absolute atomic E-state index is 13.4. The van der Waals surface area contributed by atoms with Crippen LogP contribution in [0.4, 0.5) is 9.39 Å². The van der Waals surface area contributed by atoms with Gasteiger partial charge in [0, 0.05) is 17.5 Å². The Kier molecular flexibility index (Phi) is 9.16. The van der Waals surface area contributed by atoms with Crippen LogP contribution in [-0.4, -0.2) is 39.5 Å². The minimum atomic E-state index is -0.609. The normalized spacial score (nSPS) is 10.7. The first-order chi connectivity index (χ1) is 18.4. The third-order valence-electron chi connectivity index (χ3n) is 5.22. The maximum Gasteiger partial charge on any atom is 0.341 e. The van der Waals surface area contributed by atoms with E-state index in [9.17, 15) is 14.0 Å². The fraction of sp³-hybridized carbons (Fsp3) is 0.154. The number of ether oxygens (including phenoxy) is 2. The first-order valence-electron chi connectivity index (χ1n) is 11.2. The Labute approximate surface area is 231 Å². The number of thiophene rings is 1. The summed E-state index contributed by atoms with van der Waals surface area (Å²) in [7, 11) is 1.26. The van der Waals surface area contributed by atoms with Gasteiger partial charge in [-0.15, -0.1) is 28.1 Å². The van der Waals surface area contributed by atoms with Gasteiger partial charge in [0.25, 0.3) is 0 Å². The van der Waals surface area contributed by atoms with Crippen molar-refractivity contribution >= 4 is 51.6 Å². The first kappa shape index (κ1) is 27.4. The molecule has 2 aromatic heterocycles. The first-order valence-corrected chi connectivity index (χ1v) is 13.4. The van der Waals surface area contributed by atoms with Crippen LogP contribution >= 0.6 is 34.7 Å². The lowest BCUT2D eigenvalue weighted by Gasteiger charge is -2.10. The standard InChI is InChI=1S/C26H22ClFN4O4S2/c1-3-12-32-21(13-36-20-7-5-4-6-19(20)27)30-31-26(32)38-15-22(33)29-24-23(25(34)35-2)18(14-37-24)16-8-10-17(28)11-9-16/h3-11,14H,1,12-13,15H2,2H3,(H,29,33). The van der Waals surface area contributed by atoms with Crippen molar-refractivity contribution < 1.29 is 23.5 Å². The van der Waals surface area contributed by atoms with Gasteiger partial charge in [-0.1, -0.05) is 53.7 Å². The number of hydrogen-bond donors (Lipinski definition) is 1. The lowest BCUT2D eigenvalue weighted by molar-refractivity contribution is -0.113. The Hall–Kier alpha value is -3.67. The Balaban J connectivity index is 1.45. The molecule has 196 valence electrons. The predicted octanol–water partition coefficient (Wildman–Crippen LogP) is 6.08. The van der Waals surface area contributed by atoms with E-state index in [1.165, 1.54) is 42.3 Å². The van der Waals surface area contributed by atoms with Crippen molar-refractivity contribution in [2.45, 2.75) is 18.3 Å². The zero-order chi connectivity index (χ0) is 27.1. The number of nitrogens with one attached hydrogen (secondary N) is 1. The molecular formula is C26H22ClFN4O4S2. The largest absolute Gasteiger partial charge is 0.484 e. The van der Waals surface area contributed by atoms with Gasteiger partial charge in [0.15, 0.2) is 11.0 Å². The molecular weight excluding hydrogens is 551 g/mol. The molecule has 12 heteroatoms. The molecule has 0 fully saturated rings. The second-order valence-corrected chi connectivity index (χ2v) is 9.94. The monoisotopic (exact) mass is 572 g/mol. The van der Waals surface area contributed by atoms with E-state index >= 15 is 0 Å². The van der Waals surface area contributed by atoms with Crippen LogP contribution in [0.25, 0.3) is 11.1 Å². The van der Waals surface area contributed by atoms with E-state index in [2.05, 4.69) is 22.1 Å². The summed E-state index contributed by atoms with van der Waals surface area (Å²) in [6.45, 7) is 4.32. The molecule has 2 aromatic carbocycles. The molecule has 0 aliphatic rings. The summed E-state index contributed by atoms with van der Waals surface area (Å²) < 4.78 is 25.9. The van der Waals surface area contributed by atoms with E-state index in [0.29, 0.717) is 44.4 Å². The number of methoxy groups -OCH3 is 1. The second kappa shape index (κ2) is 12.7. The number of anilines is 1. The molecule has 0 atom stereocenters. The average molecular weight is 573 g/mol. The van der Waals surface area contributed by atoms with Gasteiger partial charge in [-0.05, 0) is 29.8 Å². The fourth-order valence-electron chi connectivity index (χ4n) is 3.44. The lowest BCUT2D eigenvalue weighted by atomic mass is 10.0. The van der Waals surface area contributed by atoms with Crippen molar-refractivity contribution in [1.29, 1.82) is 0 Å². The molecule has 0 unspecified atom stereocenters. The molecule has 0 saturated carbocycles. The van der Waals surface area contributed by atoms with Gasteiger partial charge in [-0.25, -0.2) is 9.18 Å². The molecule has 38 heavy (non-hydrogen) atoms. The summed E-state index contributed by atoms with van der Waals surface area (Å²) in [6.07, 6.45) is 1.69. The average Bonchev–Trinajstić information content (AvgIpc) is 3.51. The SMILES string of the molecule is C=CCn1c(COc2ccccc2Cl)nnc1SCC(=O)Nc1scc(-c2ccc(F)cc2)c1C(=O)OC. The second-order valence-electron chi connectivity index (χ2n) is 7.71. The molecule has 4 rings (SSSR count). The number of para-hydroxylation sites is 1. The summed E-state index contributed by atoms with van der Waals surface area (Å²) in [4.78, 5) is 25.3. The zero-order valence-corrected chi connectivity index (χ0v) is 22.5. The van der Waals surface area contributed by atoms with Gasteiger partial charge in [0.1, 0.15) is 28.7 Å². The number of aromatic nitrogens is 3. The van der Waals surface area contributed by atoms with Crippen LogP contribution in [0.1, 0.15) is 16.2 Å². The number of nitrogens with zero attached hydrogens (tertiary/aromatic N) is 3. The van der Waals surface area contributed by atoms with Crippen LogP contribution in [0.15, 0.2) is 71.7 Å². The summed E-state index contributed by atoms with van der Waals surface area (Å²) in [5.74, 6) is -0.282. The minimum absolute atomic E-state index is 0.00500. The van der Waals surface area contributed by atoms with Crippen molar-refractivity contribution in [3.63, 3.8) is 0 Å². The van der Waals surface area contributed by atoms with Gasteiger partial charge in [-0.3, -0.25) is 9.36 Å². The Bertz CT molecular complexity index is 1460. The van der Waals surface area contributed by atoms with Gasteiger partial charge in [-0.2, -0.15) is 0 Å². The highest BCUT2D eigenvalue weighted by Crippen LogP contribution is 2.36. The summed E-state index contributed by atoms with van der Waals surface area (Å²) in [5, 5.41) is 14.2. The molecule has 0 saturated heterocycles.